The van der Waals surface area contributed by atoms with Gasteiger partial charge in [0.1, 0.15) is 0 Å². The molecule has 5 nitrogen and oxygen atoms in total. The highest BCUT2D eigenvalue weighted by atomic mass is 16.5. The summed E-state index contributed by atoms with van der Waals surface area (Å²) < 4.78 is 0. The summed E-state index contributed by atoms with van der Waals surface area (Å²) in [5.74, 6) is 0.111. The van der Waals surface area contributed by atoms with Gasteiger partial charge in [-0.05, 0) is 47.3 Å². The van der Waals surface area contributed by atoms with Crippen LogP contribution in [0.4, 0.5) is 0 Å². The van der Waals surface area contributed by atoms with E-state index in [-0.39, 0.29) is 11.2 Å². The number of hydrogen-bond acceptors (Lipinski definition) is 3. The molecule has 0 unspecified atom stereocenters. The van der Waals surface area contributed by atoms with Crippen molar-refractivity contribution in [2.24, 2.45) is 0 Å². The second-order valence-electron chi connectivity index (χ2n) is 6.57. The van der Waals surface area contributed by atoms with Gasteiger partial charge in [-0.15, -0.1) is 4.85 Å². The molecule has 0 fully saturated rings. The van der Waals surface area contributed by atoms with Gasteiger partial charge in [0, 0.05) is 5.56 Å². The van der Waals surface area contributed by atoms with E-state index in [4.69, 9.17) is 0 Å². The quantitative estimate of drug-likeness (QED) is 0.596. The molecule has 0 saturated heterocycles. The fourth-order valence-electron chi connectivity index (χ4n) is 2.73. The highest BCUT2D eigenvalue weighted by Crippen LogP contribution is 2.37. The summed E-state index contributed by atoms with van der Waals surface area (Å²) >= 11 is 0. The number of aromatic nitrogens is 3. The van der Waals surface area contributed by atoms with Gasteiger partial charge in [-0.2, -0.15) is 0 Å². The molecule has 3 rings (SSSR count). The zero-order valence-electron chi connectivity index (χ0n) is 13.9. The summed E-state index contributed by atoms with van der Waals surface area (Å²) in [5.41, 5.74) is 3.10. The van der Waals surface area contributed by atoms with Crippen molar-refractivity contribution in [3.8, 4) is 11.4 Å². The average Bonchev–Trinajstić information content (AvgIpc) is 2.86. The van der Waals surface area contributed by atoms with Gasteiger partial charge in [-0.1, -0.05) is 39.0 Å². The van der Waals surface area contributed by atoms with Crippen LogP contribution in [0.1, 0.15) is 38.3 Å². The van der Waals surface area contributed by atoms with Crippen LogP contribution in [0.25, 0.3) is 16.7 Å². The van der Waals surface area contributed by atoms with E-state index in [1.54, 1.807) is 24.3 Å². The number of aryl methyl sites for hydroxylation is 1. The first-order chi connectivity index (χ1) is 10.8. The molecule has 0 atom stereocenters. The van der Waals surface area contributed by atoms with Crippen molar-refractivity contribution in [3.63, 3.8) is 0 Å². The average molecular weight is 311 g/mol. The van der Waals surface area contributed by atoms with Gasteiger partial charge in [0.25, 0.3) is 0 Å². The zero-order valence-corrected chi connectivity index (χ0v) is 13.9. The summed E-state index contributed by atoms with van der Waals surface area (Å²) in [7, 11) is 0. The monoisotopic (exact) mass is 311 g/mol. The Hall–Kier alpha value is -2.56. The Bertz CT molecular complexity index is 881. The van der Waals surface area contributed by atoms with Crippen LogP contribution in [0, 0.1) is 12.1 Å². The van der Waals surface area contributed by atoms with Crippen molar-refractivity contribution in [1.29, 1.82) is 0 Å². The van der Waals surface area contributed by atoms with Gasteiger partial charge in [-0.3, -0.25) is 0 Å². The third-order valence-corrected chi connectivity index (χ3v) is 4.52. The van der Waals surface area contributed by atoms with Crippen molar-refractivity contribution in [1.82, 2.24) is 9.90 Å². The van der Waals surface area contributed by atoms with Crippen LogP contribution in [-0.4, -0.2) is 15.0 Å². The molecular formula is C18H21N3O2. The van der Waals surface area contributed by atoms with Crippen LogP contribution < -0.4 is 4.85 Å². The highest BCUT2D eigenvalue weighted by Gasteiger charge is 2.27. The van der Waals surface area contributed by atoms with Crippen LogP contribution in [0.2, 0.25) is 0 Å². The molecule has 0 radical (unpaired) electrons. The molecule has 1 aromatic heterocycles. The standard InChI is InChI=1S/C18H21N3O2/c1-5-18(3,4)13-10-12(2)11-16(17(13)22)20-19-14-8-6-7-9-15(14)21(20)23/h6-11,22H,5H2,1-4H3. The Morgan fingerprint density at radius 3 is 2.61 bits per heavy atom. The molecule has 1 N–H and O–H groups in total. The van der Waals surface area contributed by atoms with Gasteiger partial charge in [0.05, 0.1) is 5.10 Å². The lowest BCUT2D eigenvalue weighted by Gasteiger charge is -2.25. The second-order valence-corrected chi connectivity index (χ2v) is 6.57. The zero-order chi connectivity index (χ0) is 16.8. The molecular weight excluding hydrogens is 290 g/mol. The fraction of sp³-hybridized carbons (Fsp3) is 0.333. The third kappa shape index (κ3) is 2.42. The van der Waals surface area contributed by atoms with Gasteiger partial charge < -0.3 is 10.3 Å². The van der Waals surface area contributed by atoms with Gasteiger partial charge in [0.15, 0.2) is 11.4 Å². The molecule has 0 saturated carbocycles. The molecule has 0 aliphatic carbocycles. The van der Waals surface area contributed by atoms with E-state index in [1.165, 1.54) is 4.80 Å². The maximum atomic E-state index is 12.5. The topological polar surface area (TPSA) is 65.0 Å². The fourth-order valence-corrected chi connectivity index (χ4v) is 2.73. The molecule has 23 heavy (non-hydrogen) atoms. The number of nitrogens with zero attached hydrogens (tertiary/aromatic N) is 3. The minimum Gasteiger partial charge on any atom is -0.692 e. The van der Waals surface area contributed by atoms with Crippen molar-refractivity contribution >= 4 is 11.0 Å². The van der Waals surface area contributed by atoms with Gasteiger partial charge in [0.2, 0.25) is 11.0 Å². The van der Waals surface area contributed by atoms with E-state index in [2.05, 4.69) is 25.9 Å². The summed E-state index contributed by atoms with van der Waals surface area (Å²) in [4.78, 5) is 1.94. The number of hydrogen-bond donors (Lipinski definition) is 1. The molecule has 0 aliphatic heterocycles. The molecule has 1 heterocycles. The summed E-state index contributed by atoms with van der Waals surface area (Å²) in [6, 6.07) is 10.9. The Kier molecular flexibility index (Phi) is 3.51. The number of rotatable bonds is 3. The van der Waals surface area contributed by atoms with E-state index in [1.807, 2.05) is 19.1 Å². The molecule has 0 aliphatic rings. The normalized spacial score (nSPS) is 12.0. The third-order valence-electron chi connectivity index (χ3n) is 4.52. The SMILES string of the molecule is CCC(C)(C)c1cc(C)cc(-n2nc3ccccc3[n+]2[O-])c1O. The summed E-state index contributed by atoms with van der Waals surface area (Å²) in [5, 5.41) is 27.6. The van der Waals surface area contributed by atoms with Crippen molar-refractivity contribution < 1.29 is 9.95 Å². The lowest BCUT2D eigenvalue weighted by Crippen LogP contribution is -2.37. The maximum Gasteiger partial charge on any atom is 0.250 e. The Balaban J connectivity index is 2.29. The first-order valence-electron chi connectivity index (χ1n) is 7.77. The first-order valence-corrected chi connectivity index (χ1v) is 7.77. The predicted molar refractivity (Wildman–Crippen MR) is 89.7 cm³/mol. The molecule has 0 bridgehead atoms. The molecule has 0 amide bonds. The predicted octanol–water partition coefficient (Wildman–Crippen LogP) is 3.36. The lowest BCUT2D eigenvalue weighted by atomic mass is 9.81. The number of benzene rings is 2. The molecule has 0 spiro atoms. The number of para-hydroxylation sites is 1. The smallest absolute Gasteiger partial charge is 0.250 e. The lowest BCUT2D eigenvalue weighted by molar-refractivity contribution is -0.664. The molecule has 120 valence electrons. The van der Waals surface area contributed by atoms with Crippen LogP contribution in [0.3, 0.4) is 0 Å². The minimum atomic E-state index is -0.189. The summed E-state index contributed by atoms with van der Waals surface area (Å²) in [6.07, 6.45) is 0.877. The van der Waals surface area contributed by atoms with Gasteiger partial charge in [-0.25, -0.2) is 0 Å². The first kappa shape index (κ1) is 15.3. The minimum absolute atomic E-state index is 0.111. The molecule has 2 aromatic carbocycles. The Morgan fingerprint density at radius 2 is 1.96 bits per heavy atom. The van der Waals surface area contributed by atoms with E-state index < -0.39 is 0 Å². The van der Waals surface area contributed by atoms with E-state index in [0.29, 0.717) is 21.6 Å². The maximum absolute atomic E-state index is 12.5. The number of phenolic OH excluding ortho intramolecular Hbond substituents is 1. The largest absolute Gasteiger partial charge is 0.692 e. The van der Waals surface area contributed by atoms with Gasteiger partial charge >= 0.3 is 0 Å². The van der Waals surface area contributed by atoms with Crippen molar-refractivity contribution in [3.05, 3.63) is 52.7 Å². The van der Waals surface area contributed by atoms with Crippen molar-refractivity contribution in [2.45, 2.75) is 39.5 Å². The van der Waals surface area contributed by atoms with Crippen LogP contribution >= 0.6 is 0 Å². The van der Waals surface area contributed by atoms with E-state index >= 15 is 0 Å². The van der Waals surface area contributed by atoms with Crippen molar-refractivity contribution in [2.75, 3.05) is 0 Å². The molecule has 5 heteroatoms. The number of fused-ring (bicyclic) bond motifs is 1. The number of aromatic hydroxyl groups is 1. The van der Waals surface area contributed by atoms with Crippen LogP contribution in [0.5, 0.6) is 5.75 Å². The number of phenols is 1. The van der Waals surface area contributed by atoms with Crippen LogP contribution in [0.15, 0.2) is 36.4 Å². The van der Waals surface area contributed by atoms with Crippen LogP contribution in [-0.2, 0) is 5.41 Å². The second kappa shape index (κ2) is 5.26. The Labute approximate surface area is 135 Å². The molecule has 3 aromatic rings. The van der Waals surface area contributed by atoms with E-state index in [0.717, 1.165) is 17.5 Å². The Morgan fingerprint density at radius 1 is 1.26 bits per heavy atom. The van der Waals surface area contributed by atoms with E-state index in [9.17, 15) is 10.3 Å². The highest BCUT2D eigenvalue weighted by molar-refractivity contribution is 5.70. The summed E-state index contributed by atoms with van der Waals surface area (Å²) in [6.45, 7) is 8.19.